The first-order valence-corrected chi connectivity index (χ1v) is 4.82. The monoisotopic (exact) mass is 234 g/mol. The van der Waals surface area contributed by atoms with Gasteiger partial charge in [-0.05, 0) is 25.1 Å². The van der Waals surface area contributed by atoms with E-state index in [-0.39, 0.29) is 18.2 Å². The van der Waals surface area contributed by atoms with E-state index in [4.69, 9.17) is 0 Å². The number of hydrogen-bond acceptors (Lipinski definition) is 2. The highest BCUT2D eigenvalue weighted by Gasteiger charge is 2.06. The van der Waals surface area contributed by atoms with Crippen molar-refractivity contribution in [1.29, 1.82) is 0 Å². The summed E-state index contributed by atoms with van der Waals surface area (Å²) < 4.78 is 0. The minimum Gasteiger partial charge on any atom is -0.508 e. The summed E-state index contributed by atoms with van der Waals surface area (Å²) in [4.78, 5) is 7.50. The van der Waals surface area contributed by atoms with Crippen LogP contribution in [0.5, 0.6) is 5.75 Å². The van der Waals surface area contributed by atoms with Crippen LogP contribution in [0.15, 0.2) is 30.5 Å². The molecule has 0 aliphatic heterocycles. The van der Waals surface area contributed by atoms with Crippen LogP contribution < -0.4 is 0 Å². The van der Waals surface area contributed by atoms with E-state index < -0.39 is 0 Å². The van der Waals surface area contributed by atoms with E-state index in [1.165, 1.54) is 0 Å². The lowest BCUT2D eigenvalue weighted by Crippen LogP contribution is -1.79. The number of aromatic hydroxyl groups is 1. The minimum atomic E-state index is 0. The number of phenolic OH excluding ortho intramolecular Hbond substituents is 1. The average molecular weight is 235 g/mol. The van der Waals surface area contributed by atoms with Gasteiger partial charge in [-0.1, -0.05) is 0 Å². The van der Waals surface area contributed by atoms with Crippen LogP contribution in [0.2, 0.25) is 0 Å². The molecule has 2 aromatic heterocycles. The number of nitrogens with one attached hydrogen (secondary N) is 1. The van der Waals surface area contributed by atoms with Gasteiger partial charge < -0.3 is 10.1 Å². The second-order valence-electron chi connectivity index (χ2n) is 3.67. The lowest BCUT2D eigenvalue weighted by Gasteiger charge is -1.93. The van der Waals surface area contributed by atoms with E-state index in [0.717, 1.165) is 27.5 Å². The van der Waals surface area contributed by atoms with Crippen molar-refractivity contribution in [3.63, 3.8) is 0 Å². The number of phenols is 1. The molecule has 2 N–H and O–H groups in total. The van der Waals surface area contributed by atoms with Gasteiger partial charge in [-0.2, -0.15) is 0 Å². The van der Waals surface area contributed by atoms with Crippen molar-refractivity contribution in [1.82, 2.24) is 9.97 Å². The van der Waals surface area contributed by atoms with Gasteiger partial charge in [0.25, 0.3) is 0 Å². The summed E-state index contributed by atoms with van der Waals surface area (Å²) in [5.74, 6) is 0.277. The smallest absolute Gasteiger partial charge is 0.117 e. The Balaban J connectivity index is 0.000000963. The first-order valence-electron chi connectivity index (χ1n) is 4.82. The number of benzene rings is 1. The number of halogens is 1. The van der Waals surface area contributed by atoms with Gasteiger partial charge in [0.15, 0.2) is 0 Å². The molecule has 82 valence electrons. The molecule has 3 aromatic rings. The van der Waals surface area contributed by atoms with Crippen LogP contribution in [-0.2, 0) is 0 Å². The Morgan fingerprint density at radius 2 is 2.00 bits per heavy atom. The molecule has 16 heavy (non-hydrogen) atoms. The summed E-state index contributed by atoms with van der Waals surface area (Å²) in [6.07, 6.45) is 1.80. The molecule has 0 saturated heterocycles. The molecule has 1 aromatic carbocycles. The van der Waals surface area contributed by atoms with E-state index >= 15 is 0 Å². The van der Waals surface area contributed by atoms with Crippen molar-refractivity contribution in [3.05, 3.63) is 36.2 Å². The Morgan fingerprint density at radius 3 is 2.81 bits per heavy atom. The fourth-order valence-electron chi connectivity index (χ4n) is 1.95. The molecule has 0 amide bonds. The number of pyridine rings is 1. The van der Waals surface area contributed by atoms with E-state index in [1.807, 2.05) is 19.1 Å². The third-order valence-corrected chi connectivity index (χ3v) is 2.69. The summed E-state index contributed by atoms with van der Waals surface area (Å²) in [6.45, 7) is 1.97. The van der Waals surface area contributed by atoms with Gasteiger partial charge in [0.1, 0.15) is 5.75 Å². The third kappa shape index (κ3) is 1.41. The Bertz CT molecular complexity index is 660. The second kappa shape index (κ2) is 3.68. The maximum Gasteiger partial charge on any atom is 0.117 e. The van der Waals surface area contributed by atoms with Gasteiger partial charge in [-0.15, -0.1) is 12.4 Å². The first kappa shape index (κ1) is 10.8. The largest absolute Gasteiger partial charge is 0.508 e. The summed E-state index contributed by atoms with van der Waals surface area (Å²) in [7, 11) is 0. The van der Waals surface area contributed by atoms with Crippen LogP contribution in [0.4, 0.5) is 0 Å². The van der Waals surface area contributed by atoms with E-state index in [0.29, 0.717) is 0 Å². The summed E-state index contributed by atoms with van der Waals surface area (Å²) in [6, 6.07) is 7.33. The SMILES string of the molecule is Cc1nccc2c1[nH]c1cc(O)ccc12.Cl. The topological polar surface area (TPSA) is 48.9 Å². The zero-order chi connectivity index (χ0) is 10.4. The summed E-state index contributed by atoms with van der Waals surface area (Å²) in [5, 5.41) is 11.7. The van der Waals surface area contributed by atoms with E-state index in [2.05, 4.69) is 9.97 Å². The minimum absolute atomic E-state index is 0. The zero-order valence-corrected chi connectivity index (χ0v) is 9.51. The van der Waals surface area contributed by atoms with Gasteiger partial charge in [0, 0.05) is 23.0 Å². The van der Waals surface area contributed by atoms with Crippen LogP contribution in [0, 0.1) is 6.92 Å². The standard InChI is InChI=1S/C12H10N2O.ClH/c1-7-12-10(4-5-13-7)9-3-2-8(15)6-11(9)14-12;/h2-6,14-15H,1H3;1H. The van der Waals surface area contributed by atoms with Crippen LogP contribution in [0.3, 0.4) is 0 Å². The number of fused-ring (bicyclic) bond motifs is 3. The molecule has 3 rings (SSSR count). The van der Waals surface area contributed by atoms with Crippen LogP contribution in [0.25, 0.3) is 21.8 Å². The number of H-pyrrole nitrogens is 1. The Hall–Kier alpha value is -1.74. The summed E-state index contributed by atoms with van der Waals surface area (Å²) in [5.41, 5.74) is 2.96. The van der Waals surface area contributed by atoms with Crippen LogP contribution >= 0.6 is 12.4 Å². The van der Waals surface area contributed by atoms with Crippen molar-refractivity contribution in [3.8, 4) is 5.75 Å². The Kier molecular flexibility index (Phi) is 2.48. The average Bonchev–Trinajstić information content (AvgIpc) is 2.57. The highest BCUT2D eigenvalue weighted by Crippen LogP contribution is 2.28. The van der Waals surface area contributed by atoms with E-state index in [1.54, 1.807) is 18.3 Å². The molecule has 3 nitrogen and oxygen atoms in total. The van der Waals surface area contributed by atoms with Gasteiger partial charge in [-0.3, -0.25) is 4.98 Å². The predicted octanol–water partition coefficient (Wildman–Crippen LogP) is 3.15. The molecule has 0 bridgehead atoms. The number of aromatic amines is 1. The van der Waals surface area contributed by atoms with Crippen LogP contribution in [0.1, 0.15) is 5.69 Å². The third-order valence-electron chi connectivity index (χ3n) is 2.69. The second-order valence-corrected chi connectivity index (χ2v) is 3.67. The molecule has 0 aliphatic carbocycles. The number of rotatable bonds is 0. The van der Waals surface area contributed by atoms with E-state index in [9.17, 15) is 5.11 Å². The van der Waals surface area contributed by atoms with Crippen molar-refractivity contribution in [2.24, 2.45) is 0 Å². The van der Waals surface area contributed by atoms with Gasteiger partial charge in [0.2, 0.25) is 0 Å². The normalized spacial score (nSPS) is 10.6. The molecule has 0 saturated carbocycles. The van der Waals surface area contributed by atoms with Gasteiger partial charge >= 0.3 is 0 Å². The molecular formula is C12H11ClN2O. The zero-order valence-electron chi connectivity index (χ0n) is 8.69. The fraction of sp³-hybridized carbons (Fsp3) is 0.0833. The molecular weight excluding hydrogens is 224 g/mol. The molecule has 0 atom stereocenters. The quantitative estimate of drug-likeness (QED) is 0.628. The highest BCUT2D eigenvalue weighted by atomic mass is 35.5. The molecule has 0 spiro atoms. The molecule has 0 radical (unpaired) electrons. The number of aryl methyl sites for hydroxylation is 1. The van der Waals surface area contributed by atoms with Crippen molar-refractivity contribution in [2.75, 3.05) is 0 Å². The maximum absolute atomic E-state index is 9.39. The van der Waals surface area contributed by atoms with Crippen LogP contribution in [-0.4, -0.2) is 15.1 Å². The summed E-state index contributed by atoms with van der Waals surface area (Å²) >= 11 is 0. The Labute approximate surface area is 98.5 Å². The molecule has 0 unspecified atom stereocenters. The lowest BCUT2D eigenvalue weighted by atomic mass is 10.1. The van der Waals surface area contributed by atoms with Gasteiger partial charge in [0.05, 0.1) is 16.7 Å². The number of aromatic nitrogens is 2. The van der Waals surface area contributed by atoms with Gasteiger partial charge in [-0.25, -0.2) is 0 Å². The Morgan fingerprint density at radius 1 is 1.19 bits per heavy atom. The van der Waals surface area contributed by atoms with Crippen molar-refractivity contribution >= 4 is 34.2 Å². The maximum atomic E-state index is 9.39. The predicted molar refractivity (Wildman–Crippen MR) is 67.2 cm³/mol. The first-order chi connectivity index (χ1) is 7.25. The molecule has 0 aliphatic rings. The number of hydrogen-bond donors (Lipinski definition) is 2. The lowest BCUT2D eigenvalue weighted by molar-refractivity contribution is 0.476. The number of nitrogens with zero attached hydrogens (tertiary/aromatic N) is 1. The highest BCUT2D eigenvalue weighted by molar-refractivity contribution is 6.08. The van der Waals surface area contributed by atoms with Crippen molar-refractivity contribution in [2.45, 2.75) is 6.92 Å². The molecule has 4 heteroatoms. The fourth-order valence-corrected chi connectivity index (χ4v) is 1.95. The molecule has 2 heterocycles. The van der Waals surface area contributed by atoms with Crippen molar-refractivity contribution < 1.29 is 5.11 Å². The molecule has 0 fully saturated rings.